The lowest BCUT2D eigenvalue weighted by Gasteiger charge is -2.22. The van der Waals surface area contributed by atoms with Gasteiger partial charge in [0.2, 0.25) is 10.0 Å². The van der Waals surface area contributed by atoms with Gasteiger partial charge in [0.25, 0.3) is 0 Å². The first kappa shape index (κ1) is 23.1. The van der Waals surface area contributed by atoms with Crippen LogP contribution in [0.3, 0.4) is 0 Å². The van der Waals surface area contributed by atoms with Crippen LogP contribution in [0.1, 0.15) is 19.4 Å². The molecular formula is C15H27IN4O3S. The average molecular weight is 470 g/mol. The second-order valence-electron chi connectivity index (χ2n) is 5.43. The molecule has 0 aliphatic carbocycles. The molecule has 1 aromatic carbocycles. The molecule has 1 unspecified atom stereocenters. The van der Waals surface area contributed by atoms with E-state index in [9.17, 15) is 13.5 Å². The van der Waals surface area contributed by atoms with E-state index in [1.807, 2.05) is 37.3 Å². The van der Waals surface area contributed by atoms with Crippen molar-refractivity contribution < 1.29 is 13.5 Å². The number of aliphatic imine (C=N–C) groups is 1. The summed E-state index contributed by atoms with van der Waals surface area (Å²) in [6.45, 7) is 5.15. The number of halogens is 1. The van der Waals surface area contributed by atoms with Crippen LogP contribution < -0.4 is 15.4 Å². The van der Waals surface area contributed by atoms with Crippen molar-refractivity contribution in [2.45, 2.75) is 19.4 Å². The van der Waals surface area contributed by atoms with E-state index in [4.69, 9.17) is 0 Å². The van der Waals surface area contributed by atoms with E-state index in [0.29, 0.717) is 19.0 Å². The van der Waals surface area contributed by atoms with Crippen molar-refractivity contribution in [3.8, 4) is 0 Å². The lowest BCUT2D eigenvalue weighted by molar-refractivity contribution is 0.0672. The number of sulfonamides is 1. The van der Waals surface area contributed by atoms with Crippen molar-refractivity contribution in [3.05, 3.63) is 35.9 Å². The molecule has 0 radical (unpaired) electrons. The zero-order valence-corrected chi connectivity index (χ0v) is 17.4. The van der Waals surface area contributed by atoms with Crippen molar-refractivity contribution in [2.24, 2.45) is 4.99 Å². The van der Waals surface area contributed by atoms with Gasteiger partial charge in [-0.3, -0.25) is 0 Å². The molecule has 0 saturated heterocycles. The smallest absolute Gasteiger partial charge is 0.208 e. The Labute approximate surface area is 161 Å². The minimum Gasteiger partial charge on any atom is -0.384 e. The molecule has 24 heavy (non-hydrogen) atoms. The number of aliphatic hydroxyl groups is 1. The molecule has 4 N–H and O–H groups in total. The van der Waals surface area contributed by atoms with Crippen LogP contribution in [0.15, 0.2) is 35.3 Å². The summed E-state index contributed by atoms with van der Waals surface area (Å²) in [5.41, 5.74) is -0.285. The number of nitrogens with one attached hydrogen (secondary N) is 3. The first-order valence-electron chi connectivity index (χ1n) is 7.49. The van der Waals surface area contributed by atoms with Gasteiger partial charge in [0, 0.05) is 19.6 Å². The van der Waals surface area contributed by atoms with E-state index >= 15 is 0 Å². The first-order valence-corrected chi connectivity index (χ1v) is 9.38. The Hall–Kier alpha value is -0.910. The van der Waals surface area contributed by atoms with Crippen molar-refractivity contribution in [2.75, 3.05) is 32.4 Å². The molecule has 0 spiro atoms. The Morgan fingerprint density at radius 1 is 1.21 bits per heavy atom. The van der Waals surface area contributed by atoms with Crippen LogP contribution >= 0.6 is 24.0 Å². The third-order valence-electron chi connectivity index (χ3n) is 3.07. The zero-order valence-electron chi connectivity index (χ0n) is 14.2. The van der Waals surface area contributed by atoms with E-state index < -0.39 is 15.6 Å². The maximum atomic E-state index is 11.0. The Morgan fingerprint density at radius 2 is 1.83 bits per heavy atom. The summed E-state index contributed by atoms with van der Waals surface area (Å²) in [5, 5.41) is 16.6. The molecule has 0 aliphatic heterocycles. The summed E-state index contributed by atoms with van der Waals surface area (Å²) in [7, 11) is -3.20. The molecule has 0 bridgehead atoms. The van der Waals surface area contributed by atoms with Crippen LogP contribution in [0.2, 0.25) is 0 Å². The van der Waals surface area contributed by atoms with Gasteiger partial charge in [-0.15, -0.1) is 24.0 Å². The largest absolute Gasteiger partial charge is 0.384 e. The molecule has 0 amide bonds. The molecule has 0 heterocycles. The molecule has 0 aromatic heterocycles. The topological polar surface area (TPSA) is 103 Å². The maximum absolute atomic E-state index is 11.0. The van der Waals surface area contributed by atoms with Gasteiger partial charge in [-0.1, -0.05) is 30.3 Å². The highest BCUT2D eigenvalue weighted by atomic mass is 127. The fourth-order valence-electron chi connectivity index (χ4n) is 1.88. The minimum atomic E-state index is -3.20. The SMILES string of the molecule is CCNC(=NCC(C)(O)c1ccccc1)NCCNS(C)(=O)=O.I. The van der Waals surface area contributed by atoms with E-state index in [2.05, 4.69) is 20.3 Å². The molecule has 9 heteroatoms. The van der Waals surface area contributed by atoms with Crippen LogP contribution in [0.5, 0.6) is 0 Å². The summed E-state index contributed by atoms with van der Waals surface area (Å²) in [4.78, 5) is 4.36. The number of guanidine groups is 1. The summed E-state index contributed by atoms with van der Waals surface area (Å²) in [6.07, 6.45) is 1.11. The molecule has 0 fully saturated rings. The number of hydrogen-bond donors (Lipinski definition) is 4. The van der Waals surface area contributed by atoms with Gasteiger partial charge in [0.05, 0.1) is 12.8 Å². The molecule has 1 rings (SSSR count). The molecule has 0 saturated carbocycles. The summed E-state index contributed by atoms with van der Waals surface area (Å²) in [6, 6.07) is 9.34. The summed E-state index contributed by atoms with van der Waals surface area (Å²) < 4.78 is 24.4. The quantitative estimate of drug-likeness (QED) is 0.193. The van der Waals surface area contributed by atoms with Gasteiger partial charge in [0.1, 0.15) is 5.60 Å². The first-order chi connectivity index (χ1) is 10.7. The molecule has 0 aliphatic rings. The van der Waals surface area contributed by atoms with Crippen LogP contribution in [-0.2, 0) is 15.6 Å². The standard InChI is InChI=1S/C15H26N4O3S.HI/c1-4-16-14(17-10-11-19-23(3,21)22)18-12-15(2,20)13-8-6-5-7-9-13;/h5-9,19-20H,4,10-12H2,1-3H3,(H2,16,17,18);1H. The minimum absolute atomic E-state index is 0. The van der Waals surface area contributed by atoms with E-state index in [-0.39, 0.29) is 37.1 Å². The fourth-order valence-corrected chi connectivity index (χ4v) is 2.35. The Bertz CT molecular complexity index is 606. The van der Waals surface area contributed by atoms with Crippen molar-refractivity contribution in [1.29, 1.82) is 0 Å². The monoisotopic (exact) mass is 470 g/mol. The molecule has 7 nitrogen and oxygen atoms in total. The van der Waals surface area contributed by atoms with Crippen molar-refractivity contribution >= 4 is 40.0 Å². The molecule has 1 aromatic rings. The van der Waals surface area contributed by atoms with Gasteiger partial charge < -0.3 is 15.7 Å². The van der Waals surface area contributed by atoms with Gasteiger partial charge in [-0.05, 0) is 19.4 Å². The molecule has 1 atom stereocenters. The molecule has 138 valence electrons. The van der Waals surface area contributed by atoms with Gasteiger partial charge in [-0.25, -0.2) is 18.1 Å². The van der Waals surface area contributed by atoms with Gasteiger partial charge in [-0.2, -0.15) is 0 Å². The number of rotatable bonds is 8. The highest BCUT2D eigenvalue weighted by molar-refractivity contribution is 14.0. The number of nitrogens with zero attached hydrogens (tertiary/aromatic N) is 1. The summed E-state index contributed by atoms with van der Waals surface area (Å²) >= 11 is 0. The predicted octanol–water partition coefficient (Wildman–Crippen LogP) is 0.616. The highest BCUT2D eigenvalue weighted by Crippen LogP contribution is 2.20. The fraction of sp³-hybridized carbons (Fsp3) is 0.533. The lowest BCUT2D eigenvalue weighted by Crippen LogP contribution is -2.42. The van der Waals surface area contributed by atoms with E-state index in [0.717, 1.165) is 11.8 Å². The van der Waals surface area contributed by atoms with Crippen molar-refractivity contribution in [1.82, 2.24) is 15.4 Å². The van der Waals surface area contributed by atoms with E-state index in [1.54, 1.807) is 6.92 Å². The van der Waals surface area contributed by atoms with Crippen LogP contribution in [0, 0.1) is 0 Å². The normalized spacial score (nSPS) is 14.4. The molecular weight excluding hydrogens is 443 g/mol. The van der Waals surface area contributed by atoms with Gasteiger partial charge >= 0.3 is 0 Å². The second-order valence-corrected chi connectivity index (χ2v) is 7.26. The van der Waals surface area contributed by atoms with Crippen molar-refractivity contribution in [3.63, 3.8) is 0 Å². The van der Waals surface area contributed by atoms with Crippen LogP contribution in [0.25, 0.3) is 0 Å². The Morgan fingerprint density at radius 3 is 2.38 bits per heavy atom. The number of benzene rings is 1. The highest BCUT2D eigenvalue weighted by Gasteiger charge is 2.22. The Kier molecular flexibility index (Phi) is 10.4. The third kappa shape index (κ3) is 9.40. The Balaban J connectivity index is 0.00000529. The third-order valence-corrected chi connectivity index (χ3v) is 3.80. The van der Waals surface area contributed by atoms with Crippen LogP contribution in [0.4, 0.5) is 0 Å². The zero-order chi connectivity index (χ0) is 17.3. The second kappa shape index (κ2) is 10.9. The van der Waals surface area contributed by atoms with Crippen LogP contribution in [-0.4, -0.2) is 51.9 Å². The average Bonchev–Trinajstić information content (AvgIpc) is 2.49. The maximum Gasteiger partial charge on any atom is 0.208 e. The predicted molar refractivity (Wildman–Crippen MR) is 108 cm³/mol. The lowest BCUT2D eigenvalue weighted by atomic mass is 9.96. The summed E-state index contributed by atoms with van der Waals surface area (Å²) in [5.74, 6) is 0.527. The van der Waals surface area contributed by atoms with E-state index in [1.165, 1.54) is 0 Å². The van der Waals surface area contributed by atoms with Gasteiger partial charge in [0.15, 0.2) is 5.96 Å². The number of hydrogen-bond acceptors (Lipinski definition) is 4.